The van der Waals surface area contributed by atoms with Crippen LogP contribution in [0.3, 0.4) is 0 Å². The summed E-state index contributed by atoms with van der Waals surface area (Å²) < 4.78 is 39.2. The molecule has 0 atom stereocenters. The fraction of sp³-hybridized carbons (Fsp3) is 0.304. The van der Waals surface area contributed by atoms with Gasteiger partial charge in [-0.3, -0.25) is 14.6 Å². The van der Waals surface area contributed by atoms with E-state index in [1.165, 1.54) is 19.2 Å². The number of sulfonamides is 1. The highest BCUT2D eigenvalue weighted by atomic mass is 32.2. The average molecular weight is 473 g/mol. The first-order chi connectivity index (χ1) is 15.7. The number of H-pyrrole nitrogens is 1. The minimum Gasteiger partial charge on any atom is -0.495 e. The van der Waals surface area contributed by atoms with Gasteiger partial charge in [0.15, 0.2) is 5.69 Å². The Morgan fingerprint density at radius 3 is 2.42 bits per heavy atom. The molecule has 0 bridgehead atoms. The van der Waals surface area contributed by atoms with Gasteiger partial charge < -0.3 is 14.8 Å². The second-order valence-corrected chi connectivity index (χ2v) is 9.41. The van der Waals surface area contributed by atoms with Crippen LogP contribution >= 0.6 is 0 Å². The lowest BCUT2D eigenvalue weighted by atomic mass is 10.1. The zero-order chi connectivity index (χ0) is 24.0. The summed E-state index contributed by atoms with van der Waals surface area (Å²) in [7, 11) is -2.62. The Morgan fingerprint density at radius 2 is 1.79 bits per heavy atom. The molecule has 0 saturated carbocycles. The summed E-state index contributed by atoms with van der Waals surface area (Å²) in [6.07, 6.45) is 0.766. The molecule has 0 aliphatic heterocycles. The predicted molar refractivity (Wildman–Crippen MR) is 126 cm³/mol. The van der Waals surface area contributed by atoms with Crippen LogP contribution in [-0.2, 0) is 16.4 Å². The molecule has 0 unspecified atom stereocenters. The largest absolute Gasteiger partial charge is 0.495 e. The van der Waals surface area contributed by atoms with Crippen LogP contribution in [0.5, 0.6) is 11.5 Å². The lowest BCUT2D eigenvalue weighted by Crippen LogP contribution is -2.16. The van der Waals surface area contributed by atoms with Gasteiger partial charge in [-0.2, -0.15) is 5.10 Å². The Kier molecular flexibility index (Phi) is 7.59. The normalized spacial score (nSPS) is 11.3. The van der Waals surface area contributed by atoms with E-state index in [0.29, 0.717) is 29.6 Å². The summed E-state index contributed by atoms with van der Waals surface area (Å²) in [5, 5.41) is 9.58. The van der Waals surface area contributed by atoms with Crippen LogP contribution in [0.15, 0.2) is 53.4 Å². The van der Waals surface area contributed by atoms with E-state index < -0.39 is 15.9 Å². The molecule has 0 radical (unpaired) electrons. The molecule has 0 aliphatic rings. The minimum atomic E-state index is -4.00. The van der Waals surface area contributed by atoms with E-state index in [2.05, 4.69) is 34.1 Å². The number of nitrogens with zero attached hydrogens (tertiary/aromatic N) is 1. The number of rotatable bonds is 10. The fourth-order valence-corrected chi connectivity index (χ4v) is 4.43. The van der Waals surface area contributed by atoms with Crippen LogP contribution in [-0.4, -0.2) is 38.2 Å². The maximum Gasteiger partial charge on any atom is 0.276 e. The quantitative estimate of drug-likeness (QED) is 0.409. The molecule has 1 aromatic heterocycles. The Hall–Kier alpha value is -3.53. The fourth-order valence-electron chi connectivity index (χ4n) is 3.18. The molecular formula is C23H28N4O5S. The van der Waals surface area contributed by atoms with Gasteiger partial charge in [0.1, 0.15) is 16.4 Å². The highest BCUT2D eigenvalue weighted by molar-refractivity contribution is 7.92. The van der Waals surface area contributed by atoms with Crippen LogP contribution in [0.4, 0.5) is 11.4 Å². The summed E-state index contributed by atoms with van der Waals surface area (Å²) in [5.41, 5.74) is 1.73. The van der Waals surface area contributed by atoms with Crippen LogP contribution in [0, 0.1) is 5.92 Å². The van der Waals surface area contributed by atoms with Crippen molar-refractivity contribution in [2.45, 2.75) is 32.1 Å². The highest BCUT2D eigenvalue weighted by Crippen LogP contribution is 2.29. The van der Waals surface area contributed by atoms with E-state index in [4.69, 9.17) is 9.47 Å². The van der Waals surface area contributed by atoms with Gasteiger partial charge in [-0.05, 0) is 67.8 Å². The number of anilines is 2. The Balaban J connectivity index is 1.80. The smallest absolute Gasteiger partial charge is 0.276 e. The first-order valence-electron chi connectivity index (χ1n) is 10.5. The van der Waals surface area contributed by atoms with E-state index in [9.17, 15) is 13.2 Å². The van der Waals surface area contributed by atoms with Gasteiger partial charge in [-0.1, -0.05) is 13.8 Å². The third-order valence-electron chi connectivity index (χ3n) is 4.62. The number of methoxy groups -OCH3 is 1. The summed E-state index contributed by atoms with van der Waals surface area (Å²) in [4.78, 5) is 12.5. The van der Waals surface area contributed by atoms with Crippen molar-refractivity contribution < 1.29 is 22.7 Å². The van der Waals surface area contributed by atoms with Crippen molar-refractivity contribution in [3.63, 3.8) is 0 Å². The molecule has 2 aromatic carbocycles. The molecule has 9 nitrogen and oxygen atoms in total. The number of carbonyl (C=O) groups is 1. The minimum absolute atomic E-state index is 0.112. The van der Waals surface area contributed by atoms with Gasteiger partial charge in [0.2, 0.25) is 0 Å². The zero-order valence-corrected chi connectivity index (χ0v) is 19.8. The lowest BCUT2D eigenvalue weighted by molar-refractivity contribution is 0.102. The van der Waals surface area contributed by atoms with Gasteiger partial charge in [0, 0.05) is 17.1 Å². The molecule has 10 heteroatoms. The molecule has 1 amide bonds. The van der Waals surface area contributed by atoms with E-state index in [0.717, 1.165) is 12.1 Å². The van der Waals surface area contributed by atoms with E-state index in [-0.39, 0.29) is 16.3 Å². The number of amides is 1. The molecule has 0 saturated heterocycles. The first-order valence-corrected chi connectivity index (χ1v) is 12.0. The van der Waals surface area contributed by atoms with Gasteiger partial charge in [-0.25, -0.2) is 8.42 Å². The van der Waals surface area contributed by atoms with Crippen molar-refractivity contribution in [3.8, 4) is 11.5 Å². The summed E-state index contributed by atoms with van der Waals surface area (Å²) in [5.74, 6) is 0.746. The van der Waals surface area contributed by atoms with Crippen LogP contribution < -0.4 is 19.5 Å². The van der Waals surface area contributed by atoms with E-state index in [1.807, 2.05) is 6.92 Å². The Bertz CT molecular complexity index is 1200. The number of benzene rings is 2. The molecular weight excluding hydrogens is 444 g/mol. The van der Waals surface area contributed by atoms with Crippen molar-refractivity contribution in [2.75, 3.05) is 23.8 Å². The Morgan fingerprint density at radius 1 is 1.09 bits per heavy atom. The number of ether oxygens (including phenoxy) is 2. The standard InChI is InChI=1S/C23H28N4O5S/c1-5-32-19-9-6-16(7-10-19)27-33(29,30)22-14-17(8-11-21(22)31-4)24-23(28)20-13-18(25-26-20)12-15(2)3/h6-11,13-15,27H,5,12H2,1-4H3,(H,24,28)(H,25,26). The molecule has 3 rings (SSSR count). The topological polar surface area (TPSA) is 122 Å². The van der Waals surface area contributed by atoms with E-state index >= 15 is 0 Å². The maximum absolute atomic E-state index is 13.1. The third kappa shape index (κ3) is 6.26. The molecule has 176 valence electrons. The SMILES string of the molecule is CCOc1ccc(NS(=O)(=O)c2cc(NC(=O)c3cc(CC(C)C)[nH]n3)ccc2OC)cc1. The van der Waals surface area contributed by atoms with Gasteiger partial charge in [0.05, 0.1) is 13.7 Å². The lowest BCUT2D eigenvalue weighted by Gasteiger charge is -2.14. The first kappa shape index (κ1) is 24.1. The predicted octanol–water partition coefficient (Wildman–Crippen LogP) is 4.07. The molecule has 0 aliphatic carbocycles. The van der Waals surface area contributed by atoms with Crippen molar-refractivity contribution >= 4 is 27.3 Å². The number of aromatic amines is 1. The van der Waals surface area contributed by atoms with Gasteiger partial charge in [0.25, 0.3) is 15.9 Å². The zero-order valence-electron chi connectivity index (χ0n) is 19.0. The van der Waals surface area contributed by atoms with Crippen molar-refractivity contribution in [3.05, 3.63) is 59.9 Å². The van der Waals surface area contributed by atoms with Gasteiger partial charge in [-0.15, -0.1) is 0 Å². The molecule has 3 N–H and O–H groups in total. The van der Waals surface area contributed by atoms with E-state index in [1.54, 1.807) is 36.4 Å². The monoisotopic (exact) mass is 472 g/mol. The molecule has 33 heavy (non-hydrogen) atoms. The van der Waals surface area contributed by atoms with Crippen LogP contribution in [0.1, 0.15) is 37.0 Å². The van der Waals surface area contributed by atoms with Crippen molar-refractivity contribution in [1.29, 1.82) is 0 Å². The van der Waals surface area contributed by atoms with Gasteiger partial charge >= 0.3 is 0 Å². The summed E-state index contributed by atoms with van der Waals surface area (Å²) in [6, 6.07) is 12.6. The maximum atomic E-state index is 13.1. The number of hydrogen-bond donors (Lipinski definition) is 3. The summed E-state index contributed by atoms with van der Waals surface area (Å²) >= 11 is 0. The molecule has 3 aromatic rings. The molecule has 0 fully saturated rings. The molecule has 0 spiro atoms. The number of hydrogen-bond acceptors (Lipinski definition) is 6. The second-order valence-electron chi connectivity index (χ2n) is 7.76. The van der Waals surface area contributed by atoms with Crippen molar-refractivity contribution in [1.82, 2.24) is 10.2 Å². The van der Waals surface area contributed by atoms with Crippen molar-refractivity contribution in [2.24, 2.45) is 5.92 Å². The third-order valence-corrected chi connectivity index (χ3v) is 6.02. The Labute approximate surface area is 193 Å². The number of carbonyl (C=O) groups excluding carboxylic acids is 1. The second kappa shape index (κ2) is 10.4. The average Bonchev–Trinajstić information content (AvgIpc) is 3.23. The number of nitrogens with one attached hydrogen (secondary N) is 3. The van der Waals surface area contributed by atoms with Crippen LogP contribution in [0.25, 0.3) is 0 Å². The van der Waals surface area contributed by atoms with Crippen LogP contribution in [0.2, 0.25) is 0 Å². The number of aromatic nitrogens is 2. The highest BCUT2D eigenvalue weighted by Gasteiger charge is 2.21. The summed E-state index contributed by atoms with van der Waals surface area (Å²) in [6.45, 7) is 6.52. The molecule has 1 heterocycles.